The Morgan fingerprint density at radius 3 is 2.33 bits per heavy atom. The van der Waals surface area contributed by atoms with E-state index < -0.39 is 0 Å². The van der Waals surface area contributed by atoms with Crippen molar-refractivity contribution in [3.8, 4) is 0 Å². The Bertz CT molecular complexity index is 724. The molecule has 0 saturated carbocycles. The van der Waals surface area contributed by atoms with Crippen LogP contribution in [0.5, 0.6) is 0 Å². The van der Waals surface area contributed by atoms with Crippen LogP contribution >= 0.6 is 0 Å². The minimum absolute atomic E-state index is 0.0547. The van der Waals surface area contributed by atoms with Crippen LogP contribution in [0.3, 0.4) is 0 Å². The van der Waals surface area contributed by atoms with Crippen LogP contribution in [0.15, 0.2) is 42.5 Å². The quantitative estimate of drug-likeness (QED) is 0.763. The Morgan fingerprint density at radius 1 is 0.958 bits per heavy atom. The molecule has 0 spiro atoms. The largest absolute Gasteiger partial charge is 0.326 e. The molecule has 126 valence electrons. The zero-order valence-electron chi connectivity index (χ0n) is 14.1. The second-order valence-corrected chi connectivity index (χ2v) is 5.82. The number of amides is 2. The summed E-state index contributed by atoms with van der Waals surface area (Å²) >= 11 is 0. The molecule has 0 aliphatic carbocycles. The lowest BCUT2D eigenvalue weighted by Gasteiger charge is -2.11. The summed E-state index contributed by atoms with van der Waals surface area (Å²) in [4.78, 5) is 23.5. The molecule has 0 radical (unpaired) electrons. The molecular weight excluding hydrogens is 302 g/mol. The molecule has 5 nitrogen and oxygen atoms in total. The molecule has 2 aromatic carbocycles. The lowest BCUT2D eigenvalue weighted by atomic mass is 10.1. The van der Waals surface area contributed by atoms with E-state index in [4.69, 9.17) is 5.73 Å². The Balaban J connectivity index is 1.96. The van der Waals surface area contributed by atoms with E-state index >= 15 is 0 Å². The van der Waals surface area contributed by atoms with Crippen molar-refractivity contribution >= 4 is 23.2 Å². The molecule has 0 aliphatic heterocycles. The van der Waals surface area contributed by atoms with Gasteiger partial charge in [0.05, 0.1) is 6.54 Å². The van der Waals surface area contributed by atoms with Crippen LogP contribution in [0.25, 0.3) is 0 Å². The summed E-state index contributed by atoms with van der Waals surface area (Å²) in [5.41, 5.74) is 9.87. The third kappa shape index (κ3) is 5.21. The minimum Gasteiger partial charge on any atom is -0.326 e. The number of anilines is 2. The fourth-order valence-electron chi connectivity index (χ4n) is 2.27. The van der Waals surface area contributed by atoms with Gasteiger partial charge in [-0.15, -0.1) is 0 Å². The third-order valence-corrected chi connectivity index (χ3v) is 3.74. The summed E-state index contributed by atoms with van der Waals surface area (Å²) in [6, 6.07) is 13.5. The minimum atomic E-state index is -0.268. The number of carbonyl (C=O) groups is 2. The Labute approximate surface area is 142 Å². The number of rotatable bonds is 6. The lowest BCUT2D eigenvalue weighted by molar-refractivity contribution is -0.116. The van der Waals surface area contributed by atoms with Crippen LogP contribution in [0.4, 0.5) is 11.4 Å². The Kier molecular flexibility index (Phi) is 6.09. The van der Waals surface area contributed by atoms with Gasteiger partial charge in [-0.1, -0.05) is 35.9 Å². The molecule has 2 aromatic rings. The van der Waals surface area contributed by atoms with Gasteiger partial charge in [0, 0.05) is 17.8 Å². The number of nitrogens with two attached hydrogens (primary N) is 1. The van der Waals surface area contributed by atoms with E-state index in [0.29, 0.717) is 24.2 Å². The van der Waals surface area contributed by atoms with Gasteiger partial charge >= 0.3 is 0 Å². The summed E-state index contributed by atoms with van der Waals surface area (Å²) in [5, 5.41) is 5.58. The molecule has 5 heteroatoms. The number of carbonyl (C=O) groups excluding carboxylic acids is 2. The molecule has 4 N–H and O–H groups in total. The number of hydrogen-bond acceptors (Lipinski definition) is 3. The average molecular weight is 325 g/mol. The predicted octanol–water partition coefficient (Wildman–Crippen LogP) is 2.77. The number of aryl methyl sites for hydroxylation is 3. The average Bonchev–Trinajstić information content (AvgIpc) is 2.57. The molecule has 0 aromatic heterocycles. The van der Waals surface area contributed by atoms with Gasteiger partial charge in [-0.05, 0) is 43.5 Å². The summed E-state index contributed by atoms with van der Waals surface area (Å²) < 4.78 is 0. The van der Waals surface area contributed by atoms with Crippen molar-refractivity contribution in [2.45, 2.75) is 26.7 Å². The molecular formula is C19H23N3O2. The highest BCUT2D eigenvalue weighted by atomic mass is 16.2. The van der Waals surface area contributed by atoms with E-state index in [1.807, 2.05) is 44.2 Å². The van der Waals surface area contributed by atoms with Crippen LogP contribution in [-0.4, -0.2) is 18.4 Å². The highest BCUT2D eigenvalue weighted by Gasteiger charge is 2.07. The van der Waals surface area contributed by atoms with E-state index in [9.17, 15) is 9.59 Å². The van der Waals surface area contributed by atoms with Gasteiger partial charge in [0.1, 0.15) is 0 Å². The molecule has 0 bridgehead atoms. The standard InChI is InChI=1S/C19H23N3O2/c1-13-3-6-15(7-4-13)8-10-18(23)22-17-11-16(9-5-14(17)2)21-19(24)12-20/h3-7,9,11H,8,10,12,20H2,1-2H3,(H,21,24)(H,22,23). The summed E-state index contributed by atoms with van der Waals surface area (Å²) in [5.74, 6) is -0.323. The Morgan fingerprint density at radius 2 is 1.67 bits per heavy atom. The molecule has 0 atom stereocenters. The number of hydrogen-bond donors (Lipinski definition) is 3. The molecule has 0 heterocycles. The van der Waals surface area contributed by atoms with Gasteiger partial charge in [0.2, 0.25) is 11.8 Å². The molecule has 0 fully saturated rings. The fraction of sp³-hybridized carbons (Fsp3) is 0.263. The zero-order chi connectivity index (χ0) is 17.5. The van der Waals surface area contributed by atoms with Crippen LogP contribution < -0.4 is 16.4 Å². The summed E-state index contributed by atoms with van der Waals surface area (Å²) in [6.07, 6.45) is 1.09. The topological polar surface area (TPSA) is 84.2 Å². The zero-order valence-corrected chi connectivity index (χ0v) is 14.1. The van der Waals surface area contributed by atoms with Crippen LogP contribution in [0.1, 0.15) is 23.1 Å². The molecule has 0 saturated heterocycles. The van der Waals surface area contributed by atoms with E-state index in [2.05, 4.69) is 10.6 Å². The SMILES string of the molecule is Cc1ccc(CCC(=O)Nc2cc(NC(=O)CN)ccc2C)cc1. The van der Waals surface area contributed by atoms with Gasteiger partial charge in [-0.25, -0.2) is 0 Å². The van der Waals surface area contributed by atoms with Crippen molar-refractivity contribution in [2.24, 2.45) is 5.73 Å². The first kappa shape index (κ1) is 17.7. The van der Waals surface area contributed by atoms with E-state index in [1.54, 1.807) is 12.1 Å². The molecule has 0 aliphatic rings. The normalized spacial score (nSPS) is 10.3. The van der Waals surface area contributed by atoms with Gasteiger partial charge in [-0.3, -0.25) is 9.59 Å². The maximum Gasteiger partial charge on any atom is 0.238 e. The predicted molar refractivity (Wildman–Crippen MR) is 97.0 cm³/mol. The first-order chi connectivity index (χ1) is 11.5. The van der Waals surface area contributed by atoms with Crippen molar-refractivity contribution in [1.29, 1.82) is 0 Å². The Hall–Kier alpha value is -2.66. The second kappa shape index (κ2) is 8.26. The van der Waals surface area contributed by atoms with Gasteiger partial charge < -0.3 is 16.4 Å². The fourth-order valence-corrected chi connectivity index (χ4v) is 2.27. The van der Waals surface area contributed by atoms with E-state index in [-0.39, 0.29) is 18.4 Å². The maximum absolute atomic E-state index is 12.2. The van der Waals surface area contributed by atoms with Gasteiger partial charge in [-0.2, -0.15) is 0 Å². The number of nitrogens with one attached hydrogen (secondary N) is 2. The van der Waals surface area contributed by atoms with Crippen LogP contribution in [0.2, 0.25) is 0 Å². The smallest absolute Gasteiger partial charge is 0.238 e. The summed E-state index contributed by atoms with van der Waals surface area (Å²) in [6.45, 7) is 3.87. The van der Waals surface area contributed by atoms with Crippen LogP contribution in [-0.2, 0) is 16.0 Å². The van der Waals surface area contributed by atoms with Gasteiger partial charge in [0.15, 0.2) is 0 Å². The lowest BCUT2D eigenvalue weighted by Crippen LogP contribution is -2.22. The van der Waals surface area contributed by atoms with Crippen LogP contribution in [0, 0.1) is 13.8 Å². The van der Waals surface area contributed by atoms with Crippen molar-refractivity contribution in [1.82, 2.24) is 0 Å². The number of benzene rings is 2. The maximum atomic E-state index is 12.2. The van der Waals surface area contributed by atoms with E-state index in [0.717, 1.165) is 11.1 Å². The molecule has 2 amide bonds. The monoisotopic (exact) mass is 325 g/mol. The molecule has 2 rings (SSSR count). The van der Waals surface area contributed by atoms with E-state index in [1.165, 1.54) is 5.56 Å². The van der Waals surface area contributed by atoms with Crippen molar-refractivity contribution in [3.05, 3.63) is 59.2 Å². The summed E-state index contributed by atoms with van der Waals surface area (Å²) in [7, 11) is 0. The molecule has 24 heavy (non-hydrogen) atoms. The van der Waals surface area contributed by atoms with Crippen molar-refractivity contribution < 1.29 is 9.59 Å². The highest BCUT2D eigenvalue weighted by Crippen LogP contribution is 2.20. The first-order valence-corrected chi connectivity index (χ1v) is 7.94. The first-order valence-electron chi connectivity index (χ1n) is 7.94. The second-order valence-electron chi connectivity index (χ2n) is 5.82. The van der Waals surface area contributed by atoms with Crippen molar-refractivity contribution in [2.75, 3.05) is 17.2 Å². The molecule has 0 unspecified atom stereocenters. The van der Waals surface area contributed by atoms with Gasteiger partial charge in [0.25, 0.3) is 0 Å². The highest BCUT2D eigenvalue weighted by molar-refractivity contribution is 5.95. The third-order valence-electron chi connectivity index (χ3n) is 3.74. The van der Waals surface area contributed by atoms with Crippen molar-refractivity contribution in [3.63, 3.8) is 0 Å².